The van der Waals surface area contributed by atoms with E-state index in [1.165, 1.54) is 10.3 Å². The SMILES string of the molecule is NC(=O)OC(=O)/C=C\C(=O)On1cc2c3c(cccc31)C1CCCNC1C2. The molecule has 2 aliphatic rings. The molecule has 0 bridgehead atoms. The van der Waals surface area contributed by atoms with Gasteiger partial charge in [0.25, 0.3) is 0 Å². The highest BCUT2D eigenvalue weighted by Gasteiger charge is 2.33. The van der Waals surface area contributed by atoms with Gasteiger partial charge in [0.2, 0.25) is 0 Å². The number of hydrogen-bond acceptors (Lipinski definition) is 6. The fourth-order valence-corrected chi connectivity index (χ4v) is 4.08. The summed E-state index contributed by atoms with van der Waals surface area (Å²) in [4.78, 5) is 39.1. The van der Waals surface area contributed by atoms with Crippen LogP contribution in [0.3, 0.4) is 0 Å². The Balaban J connectivity index is 1.59. The van der Waals surface area contributed by atoms with Crippen molar-refractivity contribution in [2.75, 3.05) is 6.54 Å². The van der Waals surface area contributed by atoms with Gasteiger partial charge in [-0.3, -0.25) is 0 Å². The molecule has 1 aliphatic carbocycles. The van der Waals surface area contributed by atoms with Gasteiger partial charge < -0.3 is 20.6 Å². The maximum atomic E-state index is 12.0. The Morgan fingerprint density at radius 1 is 1.22 bits per heavy atom. The molecule has 0 spiro atoms. The maximum absolute atomic E-state index is 12.0. The summed E-state index contributed by atoms with van der Waals surface area (Å²) in [6.45, 7) is 1.02. The van der Waals surface area contributed by atoms with Gasteiger partial charge in [-0.25, -0.2) is 14.4 Å². The predicted octanol–water partition coefficient (Wildman–Crippen LogP) is 1.17. The first-order valence-electron chi connectivity index (χ1n) is 8.81. The first-order chi connectivity index (χ1) is 13.0. The van der Waals surface area contributed by atoms with Crippen LogP contribution in [0.4, 0.5) is 4.79 Å². The number of benzene rings is 1. The maximum Gasteiger partial charge on any atom is 0.412 e. The van der Waals surface area contributed by atoms with Crippen molar-refractivity contribution in [3.63, 3.8) is 0 Å². The monoisotopic (exact) mass is 369 g/mol. The van der Waals surface area contributed by atoms with E-state index in [4.69, 9.17) is 10.6 Å². The van der Waals surface area contributed by atoms with Crippen LogP contribution in [-0.2, 0) is 20.7 Å². The molecule has 3 N–H and O–H groups in total. The summed E-state index contributed by atoms with van der Waals surface area (Å²) in [6, 6.07) is 6.40. The number of amides is 1. The molecule has 0 saturated carbocycles. The van der Waals surface area contributed by atoms with E-state index >= 15 is 0 Å². The number of nitrogens with two attached hydrogens (primary N) is 1. The summed E-state index contributed by atoms with van der Waals surface area (Å²) >= 11 is 0. The number of esters is 1. The molecule has 1 aromatic heterocycles. The number of carbonyl (C=O) groups is 3. The van der Waals surface area contributed by atoms with Crippen LogP contribution in [0.15, 0.2) is 36.5 Å². The molecule has 1 aromatic carbocycles. The van der Waals surface area contributed by atoms with Crippen molar-refractivity contribution >= 4 is 28.9 Å². The molecule has 2 aromatic rings. The van der Waals surface area contributed by atoms with Crippen LogP contribution in [0.5, 0.6) is 0 Å². The number of nitrogens with one attached hydrogen (secondary N) is 1. The van der Waals surface area contributed by atoms with Crippen molar-refractivity contribution in [1.82, 2.24) is 10.0 Å². The van der Waals surface area contributed by atoms with Crippen LogP contribution >= 0.6 is 0 Å². The van der Waals surface area contributed by atoms with Crippen molar-refractivity contribution in [1.29, 1.82) is 0 Å². The topological polar surface area (TPSA) is 113 Å². The Bertz CT molecular complexity index is 962. The standard InChI is InChI=1S/C19H19N3O5/c20-19(25)26-16(23)6-7-17(24)27-22-10-11-9-14-12(4-2-8-21-14)13-3-1-5-15(22)18(11)13/h1,3,5-7,10,12,14,21H,2,4,8-9H2,(H2,20,25)/b7-6-. The van der Waals surface area contributed by atoms with Crippen molar-refractivity contribution in [2.24, 2.45) is 5.73 Å². The zero-order valence-corrected chi connectivity index (χ0v) is 14.5. The number of nitrogens with zero attached hydrogens (tertiary/aromatic N) is 1. The molecule has 2 unspecified atom stereocenters. The number of rotatable bonds is 3. The first-order valence-corrected chi connectivity index (χ1v) is 8.81. The van der Waals surface area contributed by atoms with Crippen molar-refractivity contribution in [2.45, 2.75) is 31.2 Å². The summed E-state index contributed by atoms with van der Waals surface area (Å²) < 4.78 is 5.54. The summed E-state index contributed by atoms with van der Waals surface area (Å²) in [5, 5.41) is 4.72. The zero-order valence-electron chi connectivity index (χ0n) is 14.5. The lowest BCUT2D eigenvalue weighted by atomic mass is 9.76. The minimum atomic E-state index is -1.24. The van der Waals surface area contributed by atoms with Crippen molar-refractivity contribution in [3.05, 3.63) is 47.7 Å². The smallest absolute Gasteiger partial charge is 0.373 e. The third-order valence-corrected chi connectivity index (χ3v) is 5.07. The first kappa shape index (κ1) is 17.3. The second-order valence-electron chi connectivity index (χ2n) is 6.72. The van der Waals surface area contributed by atoms with Gasteiger partial charge in [0.1, 0.15) is 0 Å². The van der Waals surface area contributed by atoms with E-state index < -0.39 is 18.0 Å². The number of piperidine rings is 1. The average Bonchev–Trinajstić information content (AvgIpc) is 2.98. The van der Waals surface area contributed by atoms with Crippen LogP contribution in [-0.4, -0.2) is 35.3 Å². The highest BCUT2D eigenvalue weighted by molar-refractivity contribution is 5.96. The lowest BCUT2D eigenvalue weighted by molar-refractivity contribution is -0.138. The Morgan fingerprint density at radius 2 is 2.04 bits per heavy atom. The van der Waals surface area contributed by atoms with Gasteiger partial charge in [-0.2, -0.15) is 4.73 Å². The molecule has 1 amide bonds. The third-order valence-electron chi connectivity index (χ3n) is 5.07. The molecule has 1 fully saturated rings. The largest absolute Gasteiger partial charge is 0.412 e. The molecule has 8 heteroatoms. The van der Waals surface area contributed by atoms with E-state index in [0.717, 1.165) is 54.4 Å². The molecule has 140 valence electrons. The van der Waals surface area contributed by atoms with Crippen LogP contribution in [0, 0.1) is 0 Å². The summed E-state index contributed by atoms with van der Waals surface area (Å²) in [5.74, 6) is -1.34. The number of carbonyl (C=O) groups excluding carboxylic acids is 3. The van der Waals surface area contributed by atoms with Gasteiger partial charge in [-0.1, -0.05) is 12.1 Å². The lowest BCUT2D eigenvalue weighted by Crippen LogP contribution is -2.43. The fraction of sp³-hybridized carbons (Fsp3) is 0.316. The normalized spacial score (nSPS) is 21.0. The van der Waals surface area contributed by atoms with Crippen molar-refractivity contribution < 1.29 is 24.0 Å². The Morgan fingerprint density at radius 3 is 2.85 bits per heavy atom. The number of ether oxygens (including phenoxy) is 1. The van der Waals surface area contributed by atoms with E-state index in [2.05, 4.69) is 16.1 Å². The Hall–Kier alpha value is -3.13. The zero-order chi connectivity index (χ0) is 19.0. The van der Waals surface area contributed by atoms with Crippen LogP contribution in [0.2, 0.25) is 0 Å². The van der Waals surface area contributed by atoms with E-state index in [0.29, 0.717) is 12.0 Å². The predicted molar refractivity (Wildman–Crippen MR) is 95.8 cm³/mol. The van der Waals surface area contributed by atoms with Gasteiger partial charge in [0.05, 0.1) is 5.52 Å². The molecule has 0 radical (unpaired) electrons. The van der Waals surface area contributed by atoms with Crippen LogP contribution < -0.4 is 15.9 Å². The molecule has 2 atom stereocenters. The highest BCUT2D eigenvalue weighted by Crippen LogP contribution is 2.41. The van der Waals surface area contributed by atoms with E-state index in [1.54, 1.807) is 0 Å². The Kier molecular flexibility index (Phi) is 4.41. The molecule has 27 heavy (non-hydrogen) atoms. The summed E-state index contributed by atoms with van der Waals surface area (Å²) in [7, 11) is 0. The fourth-order valence-electron chi connectivity index (χ4n) is 4.08. The van der Waals surface area contributed by atoms with E-state index in [9.17, 15) is 14.4 Å². The number of primary amides is 1. The minimum absolute atomic E-state index is 0.395. The van der Waals surface area contributed by atoms with Crippen molar-refractivity contribution in [3.8, 4) is 0 Å². The van der Waals surface area contributed by atoms with Crippen LogP contribution in [0.25, 0.3) is 10.9 Å². The second kappa shape index (κ2) is 6.88. The highest BCUT2D eigenvalue weighted by atomic mass is 16.7. The molecular formula is C19H19N3O5. The van der Waals surface area contributed by atoms with Gasteiger partial charge in [-0.05, 0) is 43.0 Å². The molecular weight excluding hydrogens is 350 g/mol. The van der Waals surface area contributed by atoms with Gasteiger partial charge in [0.15, 0.2) is 0 Å². The van der Waals surface area contributed by atoms with Gasteiger partial charge >= 0.3 is 18.0 Å². The lowest BCUT2D eigenvalue weighted by Gasteiger charge is -2.36. The molecule has 8 nitrogen and oxygen atoms in total. The number of hydrogen-bond donors (Lipinski definition) is 2. The molecule has 1 saturated heterocycles. The van der Waals surface area contributed by atoms with E-state index in [-0.39, 0.29) is 0 Å². The minimum Gasteiger partial charge on any atom is -0.373 e. The number of aromatic nitrogens is 1. The summed E-state index contributed by atoms with van der Waals surface area (Å²) in [6.07, 6.45) is 5.43. The molecule has 1 aliphatic heterocycles. The summed E-state index contributed by atoms with van der Waals surface area (Å²) in [5.41, 5.74) is 7.95. The molecule has 2 heterocycles. The number of fused-ring (bicyclic) bond motifs is 2. The quantitative estimate of drug-likeness (QED) is 0.477. The van der Waals surface area contributed by atoms with Gasteiger partial charge in [0, 0.05) is 35.7 Å². The Labute approximate surface area is 154 Å². The van der Waals surface area contributed by atoms with Gasteiger partial charge in [-0.15, -0.1) is 0 Å². The van der Waals surface area contributed by atoms with E-state index in [1.807, 2.05) is 18.3 Å². The average molecular weight is 369 g/mol. The second-order valence-corrected chi connectivity index (χ2v) is 6.72. The molecule has 4 rings (SSSR count). The third kappa shape index (κ3) is 3.31. The van der Waals surface area contributed by atoms with Crippen LogP contribution in [0.1, 0.15) is 29.9 Å².